The topological polar surface area (TPSA) is 136 Å². The Labute approximate surface area is 165 Å². The summed E-state index contributed by atoms with van der Waals surface area (Å²) in [6.07, 6.45) is 0. The van der Waals surface area contributed by atoms with Crippen LogP contribution in [0.4, 0.5) is 15.8 Å². The van der Waals surface area contributed by atoms with Crippen molar-refractivity contribution in [2.24, 2.45) is 5.14 Å². The van der Waals surface area contributed by atoms with Crippen LogP contribution in [0.3, 0.4) is 0 Å². The lowest BCUT2D eigenvalue weighted by atomic mass is 10.2. The SMILES string of the molecule is Cc1cc(=O)c(C(=O)Nc2cccc(NS(N)(=O)=O)c2)nn1-c1ccccc1F. The van der Waals surface area contributed by atoms with E-state index in [4.69, 9.17) is 5.14 Å². The number of halogens is 1. The number of carbonyl (C=O) groups is 1. The van der Waals surface area contributed by atoms with Crippen molar-refractivity contribution >= 4 is 27.5 Å². The molecule has 2 aromatic carbocycles. The maximum absolute atomic E-state index is 14.1. The van der Waals surface area contributed by atoms with Crippen LogP contribution < -0.4 is 20.6 Å². The van der Waals surface area contributed by atoms with Crippen LogP contribution in [0.5, 0.6) is 0 Å². The molecule has 0 aliphatic rings. The number of benzene rings is 2. The lowest BCUT2D eigenvalue weighted by Gasteiger charge is -2.12. The summed E-state index contributed by atoms with van der Waals surface area (Å²) in [4.78, 5) is 24.8. The second-order valence-electron chi connectivity index (χ2n) is 6.04. The van der Waals surface area contributed by atoms with Crippen molar-refractivity contribution in [2.45, 2.75) is 6.92 Å². The molecule has 3 rings (SSSR count). The third-order valence-corrected chi connectivity index (χ3v) is 4.30. The van der Waals surface area contributed by atoms with Gasteiger partial charge >= 0.3 is 0 Å². The molecule has 0 aliphatic carbocycles. The molecular formula is C18H16FN5O4S. The number of rotatable bonds is 5. The zero-order chi connectivity index (χ0) is 21.2. The normalized spacial score (nSPS) is 11.1. The Morgan fingerprint density at radius 3 is 2.48 bits per heavy atom. The molecule has 0 radical (unpaired) electrons. The molecule has 0 fully saturated rings. The van der Waals surface area contributed by atoms with Gasteiger partial charge < -0.3 is 5.32 Å². The number of nitrogens with two attached hydrogens (primary N) is 1. The standard InChI is InChI=1S/C18H16FN5O4S/c1-11-9-16(25)17(22-24(11)15-8-3-2-7-14(15)19)18(26)21-12-5-4-6-13(10-12)23-29(20,27)28/h2-10,23H,1H3,(H,21,26)(H2,20,27,28). The number of amides is 1. The minimum absolute atomic E-state index is 0.0819. The van der Waals surface area contributed by atoms with E-state index in [0.717, 1.165) is 4.68 Å². The van der Waals surface area contributed by atoms with E-state index in [1.807, 2.05) is 0 Å². The van der Waals surface area contributed by atoms with Gasteiger partial charge in [-0.3, -0.25) is 14.3 Å². The van der Waals surface area contributed by atoms with Crippen LogP contribution in [0.25, 0.3) is 5.69 Å². The monoisotopic (exact) mass is 417 g/mol. The molecule has 0 atom stereocenters. The van der Waals surface area contributed by atoms with Crippen LogP contribution in [0.15, 0.2) is 59.4 Å². The fraction of sp³-hybridized carbons (Fsp3) is 0.0556. The number of anilines is 2. The van der Waals surface area contributed by atoms with E-state index in [9.17, 15) is 22.4 Å². The van der Waals surface area contributed by atoms with Crippen molar-refractivity contribution in [1.29, 1.82) is 0 Å². The van der Waals surface area contributed by atoms with E-state index in [0.29, 0.717) is 5.69 Å². The van der Waals surface area contributed by atoms with Crippen molar-refractivity contribution in [1.82, 2.24) is 9.78 Å². The molecule has 4 N–H and O–H groups in total. The highest BCUT2D eigenvalue weighted by Gasteiger charge is 2.17. The van der Waals surface area contributed by atoms with Crippen molar-refractivity contribution in [3.8, 4) is 5.69 Å². The van der Waals surface area contributed by atoms with Crippen molar-refractivity contribution in [3.63, 3.8) is 0 Å². The molecule has 29 heavy (non-hydrogen) atoms. The predicted molar refractivity (Wildman–Crippen MR) is 106 cm³/mol. The molecule has 0 saturated carbocycles. The Balaban J connectivity index is 1.94. The molecule has 1 amide bonds. The van der Waals surface area contributed by atoms with Crippen molar-refractivity contribution < 1.29 is 17.6 Å². The number of nitrogens with one attached hydrogen (secondary N) is 2. The maximum Gasteiger partial charge on any atom is 0.296 e. The summed E-state index contributed by atoms with van der Waals surface area (Å²) < 4.78 is 39.6. The number of aromatic nitrogens is 2. The zero-order valence-electron chi connectivity index (χ0n) is 15.1. The molecule has 150 valence electrons. The Bertz CT molecular complexity index is 1260. The van der Waals surface area contributed by atoms with E-state index in [1.54, 1.807) is 13.0 Å². The van der Waals surface area contributed by atoms with Crippen LogP contribution in [0.1, 0.15) is 16.2 Å². The van der Waals surface area contributed by atoms with Gasteiger partial charge in [-0.15, -0.1) is 0 Å². The molecule has 0 bridgehead atoms. The van der Waals surface area contributed by atoms with Crippen LogP contribution in [-0.2, 0) is 10.2 Å². The number of para-hydroxylation sites is 1. The summed E-state index contributed by atoms with van der Waals surface area (Å²) in [5, 5.41) is 11.4. The van der Waals surface area contributed by atoms with Gasteiger partial charge in [0.2, 0.25) is 5.43 Å². The second kappa shape index (κ2) is 7.81. The van der Waals surface area contributed by atoms with Crippen LogP contribution in [0, 0.1) is 12.7 Å². The Morgan fingerprint density at radius 1 is 1.10 bits per heavy atom. The predicted octanol–water partition coefficient (Wildman–Crippen LogP) is 1.55. The largest absolute Gasteiger partial charge is 0.320 e. The summed E-state index contributed by atoms with van der Waals surface area (Å²) in [5.41, 5.74) is -0.363. The van der Waals surface area contributed by atoms with E-state index < -0.39 is 33.1 Å². The van der Waals surface area contributed by atoms with Gasteiger partial charge in [0, 0.05) is 17.4 Å². The number of hydrogen-bond donors (Lipinski definition) is 3. The molecular weight excluding hydrogens is 401 g/mol. The summed E-state index contributed by atoms with van der Waals surface area (Å²) in [6.45, 7) is 1.56. The smallest absolute Gasteiger partial charge is 0.296 e. The van der Waals surface area contributed by atoms with E-state index in [2.05, 4.69) is 15.1 Å². The first-order chi connectivity index (χ1) is 13.6. The van der Waals surface area contributed by atoms with Gasteiger partial charge in [0.05, 0.1) is 5.69 Å². The second-order valence-corrected chi connectivity index (χ2v) is 7.34. The quantitative estimate of drug-likeness (QED) is 0.579. The molecule has 0 aliphatic heterocycles. The van der Waals surface area contributed by atoms with Gasteiger partial charge in [-0.2, -0.15) is 13.5 Å². The Hall–Kier alpha value is -3.57. The minimum Gasteiger partial charge on any atom is -0.320 e. The molecule has 0 unspecified atom stereocenters. The number of aryl methyl sites for hydroxylation is 1. The highest BCUT2D eigenvalue weighted by atomic mass is 32.2. The first-order valence-electron chi connectivity index (χ1n) is 8.22. The summed E-state index contributed by atoms with van der Waals surface area (Å²) in [6, 6.07) is 12.7. The van der Waals surface area contributed by atoms with Crippen molar-refractivity contribution in [3.05, 3.63) is 82.0 Å². The van der Waals surface area contributed by atoms with E-state index >= 15 is 0 Å². The molecule has 3 aromatic rings. The van der Waals surface area contributed by atoms with Crippen LogP contribution >= 0.6 is 0 Å². The summed E-state index contributed by atoms with van der Waals surface area (Å²) in [7, 11) is -3.99. The zero-order valence-corrected chi connectivity index (χ0v) is 15.9. The maximum atomic E-state index is 14.1. The van der Waals surface area contributed by atoms with Gasteiger partial charge in [-0.1, -0.05) is 18.2 Å². The lowest BCUT2D eigenvalue weighted by Crippen LogP contribution is -2.27. The molecule has 1 aromatic heterocycles. The van der Waals surface area contributed by atoms with Gasteiger partial charge in [0.25, 0.3) is 16.1 Å². The van der Waals surface area contributed by atoms with Crippen LogP contribution in [0.2, 0.25) is 0 Å². The molecule has 1 heterocycles. The fourth-order valence-corrected chi connectivity index (χ4v) is 3.04. The van der Waals surface area contributed by atoms with Gasteiger partial charge in [0.15, 0.2) is 5.69 Å². The van der Waals surface area contributed by atoms with E-state index in [1.165, 1.54) is 48.5 Å². The first kappa shape index (κ1) is 20.2. The molecule has 9 nitrogen and oxygen atoms in total. The lowest BCUT2D eigenvalue weighted by molar-refractivity contribution is 0.101. The third kappa shape index (κ3) is 4.83. The molecule has 11 heteroatoms. The highest BCUT2D eigenvalue weighted by Crippen LogP contribution is 2.17. The van der Waals surface area contributed by atoms with Gasteiger partial charge in [0.1, 0.15) is 11.5 Å². The van der Waals surface area contributed by atoms with E-state index in [-0.39, 0.29) is 17.1 Å². The fourth-order valence-electron chi connectivity index (χ4n) is 2.59. The van der Waals surface area contributed by atoms with Crippen molar-refractivity contribution in [2.75, 3.05) is 10.0 Å². The average Bonchev–Trinajstić information content (AvgIpc) is 2.61. The number of carbonyl (C=O) groups excluding carboxylic acids is 1. The summed E-state index contributed by atoms with van der Waals surface area (Å²) >= 11 is 0. The average molecular weight is 417 g/mol. The number of nitrogens with zero attached hydrogens (tertiary/aromatic N) is 2. The summed E-state index contributed by atoms with van der Waals surface area (Å²) in [5.74, 6) is -1.41. The van der Waals surface area contributed by atoms with Crippen LogP contribution in [-0.4, -0.2) is 24.1 Å². The van der Waals surface area contributed by atoms with Gasteiger partial charge in [-0.25, -0.2) is 14.2 Å². The minimum atomic E-state index is -3.99. The molecule has 0 spiro atoms. The van der Waals surface area contributed by atoms with Gasteiger partial charge in [-0.05, 0) is 37.3 Å². The first-order valence-corrected chi connectivity index (χ1v) is 9.76. The Kier molecular flexibility index (Phi) is 5.43. The molecule has 0 saturated heterocycles. The highest BCUT2D eigenvalue weighted by molar-refractivity contribution is 7.90. The number of hydrogen-bond acceptors (Lipinski definition) is 5. The Morgan fingerprint density at radius 2 is 1.79 bits per heavy atom. The third-order valence-electron chi connectivity index (χ3n) is 3.78.